The highest BCUT2D eigenvalue weighted by atomic mass is 16.5. The van der Waals surface area contributed by atoms with Gasteiger partial charge in [-0.1, -0.05) is 6.07 Å². The van der Waals surface area contributed by atoms with Crippen LogP contribution in [0.4, 0.5) is 0 Å². The highest BCUT2D eigenvalue weighted by Crippen LogP contribution is 2.18. The molecule has 4 heterocycles. The normalized spacial score (nSPS) is 17.9. The van der Waals surface area contributed by atoms with Crippen molar-refractivity contribution in [1.82, 2.24) is 24.4 Å². The van der Waals surface area contributed by atoms with Crippen LogP contribution in [0.5, 0.6) is 6.01 Å². The molecule has 6 heteroatoms. The predicted molar refractivity (Wildman–Crippen MR) is 89.2 cm³/mol. The Labute approximate surface area is 140 Å². The van der Waals surface area contributed by atoms with Crippen molar-refractivity contribution < 1.29 is 4.74 Å². The summed E-state index contributed by atoms with van der Waals surface area (Å²) in [5.41, 5.74) is 2.35. The van der Waals surface area contributed by atoms with Crippen molar-refractivity contribution in [2.45, 2.75) is 25.7 Å². The molecule has 4 rings (SSSR count). The lowest BCUT2D eigenvalue weighted by molar-refractivity contribution is 0.114. The number of nitrogens with zero attached hydrogens (tertiary/aromatic N) is 5. The molecule has 0 saturated carbocycles. The molecule has 0 bridgehead atoms. The second-order valence-corrected chi connectivity index (χ2v) is 5.91. The topological polar surface area (TPSA) is 56.1 Å². The Morgan fingerprint density at radius 1 is 0.958 bits per heavy atom. The van der Waals surface area contributed by atoms with Gasteiger partial charge < -0.3 is 9.30 Å². The van der Waals surface area contributed by atoms with Crippen molar-refractivity contribution in [3.63, 3.8) is 0 Å². The van der Waals surface area contributed by atoms with Crippen molar-refractivity contribution >= 4 is 0 Å². The minimum atomic E-state index is -0.00948. The minimum absolute atomic E-state index is 0.00948. The Hall–Kier alpha value is -2.73. The van der Waals surface area contributed by atoms with Crippen molar-refractivity contribution in [2.75, 3.05) is 6.54 Å². The zero-order chi connectivity index (χ0) is 16.2. The van der Waals surface area contributed by atoms with Crippen molar-refractivity contribution in [1.29, 1.82) is 0 Å². The molecule has 3 aromatic rings. The van der Waals surface area contributed by atoms with Gasteiger partial charge in [-0.2, -0.15) is 0 Å². The minimum Gasteiger partial charge on any atom is -0.457 e. The average molecular weight is 321 g/mol. The van der Waals surface area contributed by atoms with Gasteiger partial charge in [0, 0.05) is 50.1 Å². The van der Waals surface area contributed by atoms with Gasteiger partial charge in [0.05, 0.1) is 12.2 Å². The molecule has 0 N–H and O–H groups in total. The lowest BCUT2D eigenvalue weighted by atomic mass is 10.2. The second-order valence-electron chi connectivity index (χ2n) is 5.91. The third-order valence-electron chi connectivity index (χ3n) is 4.10. The first-order valence-corrected chi connectivity index (χ1v) is 8.07. The number of hydrogen-bond acceptors (Lipinski definition) is 5. The molecule has 122 valence electrons. The van der Waals surface area contributed by atoms with Gasteiger partial charge in [-0.25, -0.2) is 9.97 Å². The molecule has 0 aromatic carbocycles. The first-order chi connectivity index (χ1) is 11.9. The van der Waals surface area contributed by atoms with Crippen LogP contribution in [0.3, 0.4) is 0 Å². The number of hydrogen-bond donors (Lipinski definition) is 0. The van der Waals surface area contributed by atoms with Crippen LogP contribution in [-0.4, -0.2) is 37.1 Å². The molecule has 0 saturated heterocycles. The Kier molecular flexibility index (Phi) is 4.20. The largest absolute Gasteiger partial charge is 0.457 e. The summed E-state index contributed by atoms with van der Waals surface area (Å²) in [6, 6.07) is 12.5. The van der Waals surface area contributed by atoms with E-state index in [1.165, 1.54) is 5.69 Å². The number of pyridine rings is 1. The summed E-state index contributed by atoms with van der Waals surface area (Å²) in [5.74, 6) is 0. The van der Waals surface area contributed by atoms with Crippen LogP contribution in [0.2, 0.25) is 0 Å². The average Bonchev–Trinajstić information content (AvgIpc) is 2.96. The van der Waals surface area contributed by atoms with Crippen LogP contribution in [0.1, 0.15) is 11.4 Å². The fourth-order valence-electron chi connectivity index (χ4n) is 3.04. The number of rotatable bonds is 4. The van der Waals surface area contributed by atoms with E-state index in [4.69, 9.17) is 4.74 Å². The summed E-state index contributed by atoms with van der Waals surface area (Å²) in [4.78, 5) is 15.2. The highest BCUT2D eigenvalue weighted by Gasteiger charge is 2.23. The third kappa shape index (κ3) is 3.44. The Morgan fingerprint density at radius 2 is 1.83 bits per heavy atom. The smallest absolute Gasteiger partial charge is 0.316 e. The molecule has 0 spiro atoms. The van der Waals surface area contributed by atoms with Crippen molar-refractivity contribution in [3.05, 3.63) is 72.6 Å². The van der Waals surface area contributed by atoms with Gasteiger partial charge in [-0.05, 0) is 30.3 Å². The monoisotopic (exact) mass is 321 g/mol. The molecule has 6 nitrogen and oxygen atoms in total. The first kappa shape index (κ1) is 14.8. The van der Waals surface area contributed by atoms with Crippen molar-refractivity contribution in [2.24, 2.45) is 0 Å². The summed E-state index contributed by atoms with van der Waals surface area (Å²) in [6.45, 7) is 3.26. The quantitative estimate of drug-likeness (QED) is 0.737. The molecule has 1 atom stereocenters. The fourth-order valence-corrected chi connectivity index (χ4v) is 3.04. The number of aromatic nitrogens is 4. The second kappa shape index (κ2) is 6.80. The molecule has 24 heavy (non-hydrogen) atoms. The summed E-state index contributed by atoms with van der Waals surface area (Å²) in [7, 11) is 0. The van der Waals surface area contributed by atoms with Crippen LogP contribution in [0.15, 0.2) is 61.2 Å². The van der Waals surface area contributed by atoms with Crippen LogP contribution in [0.25, 0.3) is 0 Å². The van der Waals surface area contributed by atoms with Crippen LogP contribution in [0, 0.1) is 0 Å². The van der Waals surface area contributed by atoms with E-state index in [0.717, 1.165) is 31.9 Å². The summed E-state index contributed by atoms with van der Waals surface area (Å²) < 4.78 is 8.27. The molecule has 3 aromatic heterocycles. The van der Waals surface area contributed by atoms with Gasteiger partial charge in [-0.15, -0.1) is 0 Å². The first-order valence-electron chi connectivity index (χ1n) is 8.07. The summed E-state index contributed by atoms with van der Waals surface area (Å²) in [6.07, 6.45) is 7.32. The van der Waals surface area contributed by atoms with Gasteiger partial charge in [0.1, 0.15) is 6.10 Å². The van der Waals surface area contributed by atoms with E-state index >= 15 is 0 Å². The van der Waals surface area contributed by atoms with Crippen LogP contribution < -0.4 is 4.74 Å². The van der Waals surface area contributed by atoms with E-state index in [1.807, 2.05) is 18.3 Å². The highest BCUT2D eigenvalue weighted by molar-refractivity contribution is 5.10. The molecule has 0 amide bonds. The number of fused-ring (bicyclic) bond motifs is 1. The fraction of sp³-hybridized carbons (Fsp3) is 0.278. The Balaban J connectivity index is 1.54. The summed E-state index contributed by atoms with van der Waals surface area (Å²) >= 11 is 0. The SMILES string of the molecule is c1ccc(CN2Cc3cccn3C[C@H](Oc3ncccn3)C2)nc1. The van der Waals surface area contributed by atoms with E-state index in [0.29, 0.717) is 6.01 Å². The van der Waals surface area contributed by atoms with E-state index in [9.17, 15) is 0 Å². The predicted octanol–water partition coefficient (Wildman–Crippen LogP) is 2.14. The number of ether oxygens (including phenoxy) is 1. The lowest BCUT2D eigenvalue weighted by Gasteiger charge is -2.23. The molecule has 1 aliphatic rings. The van der Waals surface area contributed by atoms with Crippen LogP contribution >= 0.6 is 0 Å². The van der Waals surface area contributed by atoms with E-state index in [-0.39, 0.29) is 6.10 Å². The molecular formula is C18H19N5O. The van der Waals surface area contributed by atoms with Gasteiger partial charge >= 0.3 is 6.01 Å². The lowest BCUT2D eigenvalue weighted by Crippen LogP contribution is -2.35. The van der Waals surface area contributed by atoms with E-state index in [2.05, 4.69) is 48.8 Å². The maximum absolute atomic E-state index is 6.02. The molecule has 0 fully saturated rings. The summed E-state index contributed by atoms with van der Waals surface area (Å²) in [5, 5.41) is 0. The third-order valence-corrected chi connectivity index (χ3v) is 4.10. The van der Waals surface area contributed by atoms with E-state index < -0.39 is 0 Å². The van der Waals surface area contributed by atoms with Crippen LogP contribution in [-0.2, 0) is 19.6 Å². The zero-order valence-corrected chi connectivity index (χ0v) is 13.3. The molecule has 0 aliphatic carbocycles. The van der Waals surface area contributed by atoms with Gasteiger partial charge in [-0.3, -0.25) is 9.88 Å². The van der Waals surface area contributed by atoms with E-state index in [1.54, 1.807) is 18.5 Å². The van der Waals surface area contributed by atoms with Crippen molar-refractivity contribution in [3.8, 4) is 6.01 Å². The van der Waals surface area contributed by atoms with Gasteiger partial charge in [0.2, 0.25) is 0 Å². The Bertz CT molecular complexity index is 710. The maximum atomic E-state index is 6.02. The molecule has 0 unspecified atom stereocenters. The maximum Gasteiger partial charge on any atom is 0.316 e. The molecular weight excluding hydrogens is 302 g/mol. The standard InChI is InChI=1S/C18H19N5O/c1-2-7-19-15(5-1)11-22-12-16-6-3-10-23(16)14-17(13-22)24-18-20-8-4-9-21-18/h1-10,17H,11-14H2/t17-/m1/s1. The van der Waals surface area contributed by atoms with Gasteiger partial charge in [0.25, 0.3) is 0 Å². The Morgan fingerprint density at radius 3 is 2.67 bits per heavy atom. The van der Waals surface area contributed by atoms with Gasteiger partial charge in [0.15, 0.2) is 0 Å². The zero-order valence-electron chi connectivity index (χ0n) is 13.3. The molecule has 0 radical (unpaired) electrons. The molecule has 1 aliphatic heterocycles.